The van der Waals surface area contributed by atoms with Crippen molar-refractivity contribution < 1.29 is 0 Å². The maximum atomic E-state index is 11.6. The van der Waals surface area contributed by atoms with Crippen molar-refractivity contribution in [2.24, 2.45) is 0 Å². The molecule has 0 spiro atoms. The summed E-state index contributed by atoms with van der Waals surface area (Å²) in [5.41, 5.74) is 9.72. The van der Waals surface area contributed by atoms with Crippen LogP contribution in [0.15, 0.2) is 176 Å². The van der Waals surface area contributed by atoms with E-state index in [4.69, 9.17) is 13.1 Å². The molecular weight excluding hydrogens is 827 g/mol. The first-order valence-electron chi connectivity index (χ1n) is 21.4. The molecule has 302 valence electrons. The van der Waals surface area contributed by atoms with E-state index in [0.29, 0.717) is 33.8 Å². The fourth-order valence-electron chi connectivity index (χ4n) is 10.5. The molecule has 66 heavy (non-hydrogen) atoms. The predicted octanol–water partition coefficient (Wildman–Crippen LogP) is 15.9. The molecule has 0 fully saturated rings. The average Bonchev–Trinajstić information content (AvgIpc) is 4.11. The fourth-order valence-corrected chi connectivity index (χ4v) is 11.6. The molecule has 0 N–H and O–H groups in total. The van der Waals surface area contributed by atoms with Crippen molar-refractivity contribution in [3.8, 4) is 40.3 Å². The Bertz CT molecular complexity index is 4460. The van der Waals surface area contributed by atoms with Crippen LogP contribution in [-0.4, -0.2) is 13.7 Å². The van der Waals surface area contributed by atoms with Gasteiger partial charge < -0.3 is 13.7 Å². The molecule has 0 aliphatic rings. The highest BCUT2D eigenvalue weighted by atomic mass is 32.1. The van der Waals surface area contributed by atoms with Gasteiger partial charge in [0.05, 0.1) is 63.6 Å². The van der Waals surface area contributed by atoms with E-state index in [-0.39, 0.29) is 11.3 Å². The summed E-state index contributed by atoms with van der Waals surface area (Å²) in [6.07, 6.45) is 0. The smallest absolute Gasteiger partial charge is 0.211 e. The van der Waals surface area contributed by atoms with E-state index in [1.807, 2.05) is 54.6 Å². The number of nitrogens with zero attached hydrogens (tertiary/aromatic N) is 7. The summed E-state index contributed by atoms with van der Waals surface area (Å²) >= 11 is 1.76. The Kier molecular flexibility index (Phi) is 7.90. The van der Waals surface area contributed by atoms with Gasteiger partial charge in [-0.2, -0.15) is 10.5 Å². The summed E-state index contributed by atoms with van der Waals surface area (Å²) in [5, 5.41) is 30.6. The van der Waals surface area contributed by atoms with Crippen LogP contribution >= 0.6 is 11.3 Å². The number of thiophene rings is 1. The van der Waals surface area contributed by atoms with Crippen LogP contribution in [0.5, 0.6) is 0 Å². The number of hydrogen-bond acceptors (Lipinski definition) is 3. The monoisotopic (exact) mass is 855 g/mol. The summed E-state index contributed by atoms with van der Waals surface area (Å²) in [6, 6.07) is 64.2. The molecule has 7 nitrogen and oxygen atoms in total. The van der Waals surface area contributed by atoms with Gasteiger partial charge in [-0.3, -0.25) is 0 Å². The first kappa shape index (κ1) is 37.1. The number of rotatable bonds is 4. The lowest BCUT2D eigenvalue weighted by Gasteiger charge is -2.20. The highest BCUT2D eigenvalue weighted by Gasteiger charge is 2.28. The van der Waals surface area contributed by atoms with Gasteiger partial charge in [0.1, 0.15) is 6.07 Å². The molecule has 0 atom stereocenters. The highest BCUT2D eigenvalue weighted by molar-refractivity contribution is 7.25. The number of benzene rings is 9. The second-order valence-electron chi connectivity index (χ2n) is 16.4. The number of fused-ring (bicyclic) bond motifs is 13. The lowest BCUT2D eigenvalue weighted by atomic mass is 9.93. The Morgan fingerprint density at radius 1 is 0.455 bits per heavy atom. The molecule has 13 rings (SSSR count). The third kappa shape index (κ3) is 5.02. The molecule has 0 unspecified atom stereocenters. The summed E-state index contributed by atoms with van der Waals surface area (Å²) < 4.78 is 8.87. The van der Waals surface area contributed by atoms with Crippen molar-refractivity contribution in [3.63, 3.8) is 0 Å². The van der Waals surface area contributed by atoms with E-state index in [2.05, 4.69) is 139 Å². The van der Waals surface area contributed by atoms with Gasteiger partial charge in [-0.15, -0.1) is 11.3 Å². The Morgan fingerprint density at radius 3 is 1.83 bits per heavy atom. The minimum absolute atomic E-state index is 0.228. The van der Waals surface area contributed by atoms with Gasteiger partial charge in [0.15, 0.2) is 5.69 Å². The third-order valence-electron chi connectivity index (χ3n) is 13.1. The van der Waals surface area contributed by atoms with Crippen LogP contribution in [0, 0.1) is 35.8 Å². The standard InChI is InChI=1S/C58H29N7S/c1-61-45-26-24-39(55-46(62-2)28-34(32-59)29-52(55)64-48-21-11-7-17-37(48)42-31-54-43(30-51(42)64)38-18-9-13-23-53(38)66-54)44(33-60)57(45)65-49-22-12-8-19-41(49)56-50(65)27-25-40-36-16-6-10-20-47(36)63(58(40)56)35-14-4-3-5-15-35/h3-31H. The first-order chi connectivity index (χ1) is 32.6. The maximum absolute atomic E-state index is 11.6. The van der Waals surface area contributed by atoms with Gasteiger partial charge >= 0.3 is 0 Å². The van der Waals surface area contributed by atoms with Crippen molar-refractivity contribution in [2.75, 3.05) is 0 Å². The zero-order chi connectivity index (χ0) is 44.2. The predicted molar refractivity (Wildman–Crippen MR) is 270 cm³/mol. The van der Waals surface area contributed by atoms with Gasteiger partial charge in [-0.05, 0) is 72.3 Å². The summed E-state index contributed by atoms with van der Waals surface area (Å²) in [4.78, 5) is 8.16. The van der Waals surface area contributed by atoms with Gasteiger partial charge in [-0.1, -0.05) is 109 Å². The van der Waals surface area contributed by atoms with E-state index in [0.717, 1.165) is 86.6 Å². The van der Waals surface area contributed by atoms with Crippen molar-refractivity contribution in [1.82, 2.24) is 13.7 Å². The van der Waals surface area contributed by atoms with E-state index in [1.54, 1.807) is 29.5 Å². The van der Waals surface area contributed by atoms with Crippen molar-refractivity contribution >= 4 is 108 Å². The molecule has 9 aromatic carbocycles. The van der Waals surface area contributed by atoms with Gasteiger partial charge in [-0.25, -0.2) is 9.69 Å². The maximum Gasteiger partial charge on any atom is 0.211 e. The average molecular weight is 856 g/mol. The van der Waals surface area contributed by atoms with E-state index in [1.165, 1.54) is 4.70 Å². The molecule has 0 saturated carbocycles. The number of para-hydroxylation sites is 4. The first-order valence-corrected chi connectivity index (χ1v) is 22.2. The molecule has 4 aromatic heterocycles. The quantitative estimate of drug-likeness (QED) is 0.165. The number of hydrogen-bond donors (Lipinski definition) is 0. The molecular formula is C58H29N7S. The van der Waals surface area contributed by atoms with Crippen LogP contribution in [0.1, 0.15) is 11.1 Å². The molecule has 0 saturated heterocycles. The van der Waals surface area contributed by atoms with Crippen LogP contribution in [-0.2, 0) is 0 Å². The Morgan fingerprint density at radius 2 is 1.11 bits per heavy atom. The number of nitriles is 2. The Labute approximate surface area is 380 Å². The largest absolute Gasteiger partial charge is 0.318 e. The highest BCUT2D eigenvalue weighted by Crippen LogP contribution is 2.49. The number of aromatic nitrogens is 3. The van der Waals surface area contributed by atoms with Crippen LogP contribution in [0.25, 0.3) is 123 Å². The van der Waals surface area contributed by atoms with Gasteiger partial charge in [0.2, 0.25) is 5.69 Å². The molecule has 13 aromatic rings. The van der Waals surface area contributed by atoms with Gasteiger partial charge in [0.25, 0.3) is 0 Å². The van der Waals surface area contributed by atoms with Crippen molar-refractivity contribution in [2.45, 2.75) is 0 Å². The van der Waals surface area contributed by atoms with Crippen molar-refractivity contribution in [3.05, 3.63) is 210 Å². The lowest BCUT2D eigenvalue weighted by molar-refractivity contribution is 1.16. The Hall–Kier alpha value is -9.44. The third-order valence-corrected chi connectivity index (χ3v) is 14.3. The fraction of sp³-hybridized carbons (Fsp3) is 0. The van der Waals surface area contributed by atoms with Crippen LogP contribution < -0.4 is 0 Å². The second kappa shape index (κ2) is 14.0. The van der Waals surface area contributed by atoms with Gasteiger partial charge in [0, 0.05) is 75.0 Å². The second-order valence-corrected chi connectivity index (χ2v) is 17.5. The van der Waals surface area contributed by atoms with Crippen LogP contribution in [0.2, 0.25) is 0 Å². The lowest BCUT2D eigenvalue weighted by Crippen LogP contribution is -2.03. The van der Waals surface area contributed by atoms with E-state index < -0.39 is 0 Å². The SMILES string of the molecule is [C-]#[N+]c1cc(C#N)cc(-n2c3ccccc3c3cc4sc5ccccc5c4cc32)c1-c1ccc([N+]#[C-])c(-n2c3ccccc3c3c2ccc2c4ccccc4n(-c4ccccc4)c23)c1C#N. The molecule has 0 amide bonds. The summed E-state index contributed by atoms with van der Waals surface area (Å²) in [7, 11) is 0. The summed E-state index contributed by atoms with van der Waals surface area (Å²) in [5.74, 6) is 0. The molecule has 8 heteroatoms. The molecule has 0 aliphatic heterocycles. The van der Waals surface area contributed by atoms with Crippen LogP contribution in [0.4, 0.5) is 11.4 Å². The molecule has 0 bridgehead atoms. The summed E-state index contributed by atoms with van der Waals surface area (Å²) in [6.45, 7) is 17.2. The van der Waals surface area contributed by atoms with E-state index in [9.17, 15) is 10.5 Å². The van der Waals surface area contributed by atoms with E-state index >= 15 is 0 Å². The Balaban J connectivity index is 1.16. The van der Waals surface area contributed by atoms with Crippen molar-refractivity contribution in [1.29, 1.82) is 10.5 Å². The van der Waals surface area contributed by atoms with Crippen LogP contribution in [0.3, 0.4) is 0 Å². The zero-order valence-corrected chi connectivity index (χ0v) is 35.6. The molecule has 0 aliphatic carbocycles. The minimum atomic E-state index is 0.228. The molecule has 0 radical (unpaired) electrons. The minimum Gasteiger partial charge on any atom is -0.318 e. The topological polar surface area (TPSA) is 71.1 Å². The zero-order valence-electron chi connectivity index (χ0n) is 34.8. The molecule has 4 heterocycles. The normalized spacial score (nSPS) is 11.6.